The minimum atomic E-state index is -1.23. The van der Waals surface area contributed by atoms with Crippen LogP contribution in [0.3, 0.4) is 0 Å². The van der Waals surface area contributed by atoms with Crippen LogP contribution >= 0.6 is 0 Å². The van der Waals surface area contributed by atoms with Crippen molar-refractivity contribution in [3.63, 3.8) is 0 Å². The molecular weight excluding hydrogens is 288 g/mol. The molecule has 0 radical (unpaired) electrons. The summed E-state index contributed by atoms with van der Waals surface area (Å²) in [6.07, 6.45) is 1.46. The average molecular weight is 306 g/mol. The van der Waals surface area contributed by atoms with Crippen LogP contribution in [-0.2, 0) is 28.3 Å². The van der Waals surface area contributed by atoms with Crippen LogP contribution in [0, 0.1) is 6.92 Å². The van der Waals surface area contributed by atoms with Gasteiger partial charge in [0.15, 0.2) is 0 Å². The first-order valence-corrected chi connectivity index (χ1v) is 7.98. The van der Waals surface area contributed by atoms with E-state index >= 15 is 0 Å². The molecule has 0 saturated heterocycles. The van der Waals surface area contributed by atoms with Crippen LogP contribution in [0.15, 0.2) is 35.4 Å². The number of ether oxygens (including phenoxy) is 1. The molecule has 112 valence electrons. The van der Waals surface area contributed by atoms with E-state index in [0.717, 1.165) is 10.5 Å². The Kier molecular flexibility index (Phi) is 4.90. The summed E-state index contributed by atoms with van der Waals surface area (Å²) in [7, 11) is 0.496. The molecule has 0 aliphatic heterocycles. The van der Waals surface area contributed by atoms with Gasteiger partial charge in [0.05, 0.1) is 35.1 Å². The largest absolute Gasteiger partial charge is 0.462 e. The zero-order valence-corrected chi connectivity index (χ0v) is 13.1. The first-order chi connectivity index (χ1) is 10.0. The molecule has 0 saturated carbocycles. The number of nitrogens with zero attached hydrogens (tertiary/aromatic N) is 2. The molecule has 1 aromatic carbocycles. The maximum atomic E-state index is 12.4. The highest BCUT2D eigenvalue weighted by molar-refractivity contribution is 7.84. The van der Waals surface area contributed by atoms with Gasteiger partial charge in [-0.2, -0.15) is 5.10 Å². The van der Waals surface area contributed by atoms with E-state index in [0.29, 0.717) is 17.9 Å². The predicted octanol–water partition coefficient (Wildman–Crippen LogP) is 2.21. The SMILES string of the molecule is CCOC(=O)c1cnn(C)c1CS(=O)c1ccc(C)cc1. The van der Waals surface area contributed by atoms with E-state index in [1.807, 2.05) is 31.2 Å². The van der Waals surface area contributed by atoms with Crippen LogP contribution in [-0.4, -0.2) is 26.6 Å². The fourth-order valence-corrected chi connectivity index (χ4v) is 3.11. The topological polar surface area (TPSA) is 61.2 Å². The molecule has 5 nitrogen and oxygen atoms in total. The molecule has 6 heteroatoms. The van der Waals surface area contributed by atoms with Crippen LogP contribution in [0.2, 0.25) is 0 Å². The van der Waals surface area contributed by atoms with Gasteiger partial charge in [0.2, 0.25) is 0 Å². The highest BCUT2D eigenvalue weighted by atomic mass is 32.2. The van der Waals surface area contributed by atoms with Crippen molar-refractivity contribution in [3.8, 4) is 0 Å². The fraction of sp³-hybridized carbons (Fsp3) is 0.333. The van der Waals surface area contributed by atoms with Crippen LogP contribution in [0.4, 0.5) is 0 Å². The van der Waals surface area contributed by atoms with E-state index in [1.54, 1.807) is 18.7 Å². The maximum absolute atomic E-state index is 12.4. The van der Waals surface area contributed by atoms with Crippen LogP contribution in [0.5, 0.6) is 0 Å². The molecule has 0 aliphatic carbocycles. The normalized spacial score (nSPS) is 12.1. The molecule has 1 heterocycles. The lowest BCUT2D eigenvalue weighted by atomic mass is 10.2. The highest BCUT2D eigenvalue weighted by Crippen LogP contribution is 2.17. The van der Waals surface area contributed by atoms with Crippen molar-refractivity contribution in [1.82, 2.24) is 9.78 Å². The second-order valence-electron chi connectivity index (χ2n) is 4.65. The third-order valence-electron chi connectivity index (χ3n) is 3.11. The van der Waals surface area contributed by atoms with Gasteiger partial charge >= 0.3 is 5.97 Å². The van der Waals surface area contributed by atoms with Crippen molar-refractivity contribution >= 4 is 16.8 Å². The van der Waals surface area contributed by atoms with Gasteiger partial charge in [0.1, 0.15) is 5.56 Å². The first kappa shape index (κ1) is 15.4. The van der Waals surface area contributed by atoms with Gasteiger partial charge in [-0.05, 0) is 26.0 Å². The van der Waals surface area contributed by atoms with Crippen molar-refractivity contribution < 1.29 is 13.7 Å². The quantitative estimate of drug-likeness (QED) is 0.795. The second kappa shape index (κ2) is 6.67. The van der Waals surface area contributed by atoms with E-state index in [2.05, 4.69) is 5.10 Å². The summed E-state index contributed by atoms with van der Waals surface area (Å²) in [5.74, 6) is -0.199. The molecule has 0 fully saturated rings. The summed E-state index contributed by atoms with van der Waals surface area (Å²) in [6, 6.07) is 7.52. The summed E-state index contributed by atoms with van der Waals surface area (Å²) >= 11 is 0. The monoisotopic (exact) mass is 306 g/mol. The zero-order valence-electron chi connectivity index (χ0n) is 12.3. The minimum absolute atomic E-state index is 0.230. The molecule has 0 amide bonds. The molecule has 1 aromatic heterocycles. The van der Waals surface area contributed by atoms with Crippen molar-refractivity contribution in [2.24, 2.45) is 7.05 Å². The molecule has 0 aliphatic rings. The third kappa shape index (κ3) is 3.58. The van der Waals surface area contributed by atoms with Crippen molar-refractivity contribution in [3.05, 3.63) is 47.3 Å². The molecule has 2 aromatic rings. The number of hydrogen-bond donors (Lipinski definition) is 0. The number of carbonyl (C=O) groups excluding carboxylic acids is 1. The Labute approximate surface area is 126 Å². The van der Waals surface area contributed by atoms with E-state index in [4.69, 9.17) is 4.74 Å². The number of benzene rings is 1. The smallest absolute Gasteiger partial charge is 0.341 e. The summed E-state index contributed by atoms with van der Waals surface area (Å²) in [6.45, 7) is 4.03. The molecule has 0 spiro atoms. The number of rotatable bonds is 5. The number of carbonyl (C=O) groups is 1. The number of esters is 1. The molecule has 1 unspecified atom stereocenters. The van der Waals surface area contributed by atoms with Crippen LogP contribution in [0.1, 0.15) is 28.5 Å². The first-order valence-electron chi connectivity index (χ1n) is 6.66. The van der Waals surface area contributed by atoms with Crippen LogP contribution in [0.25, 0.3) is 0 Å². The van der Waals surface area contributed by atoms with Crippen molar-refractivity contribution in [2.45, 2.75) is 24.5 Å². The Morgan fingerprint density at radius 2 is 2.00 bits per heavy atom. The third-order valence-corrected chi connectivity index (χ3v) is 4.44. The Hall–Kier alpha value is -1.95. The van der Waals surface area contributed by atoms with E-state index in [1.165, 1.54) is 6.20 Å². The van der Waals surface area contributed by atoms with Gasteiger partial charge in [0, 0.05) is 11.9 Å². The number of aryl methyl sites for hydroxylation is 2. The maximum Gasteiger partial charge on any atom is 0.341 e. The van der Waals surface area contributed by atoms with Crippen LogP contribution < -0.4 is 0 Å². The van der Waals surface area contributed by atoms with Gasteiger partial charge in [-0.1, -0.05) is 17.7 Å². The standard InChI is InChI=1S/C15H18N2O3S/c1-4-20-15(18)13-9-16-17(3)14(13)10-21(19)12-7-5-11(2)6-8-12/h5-9H,4,10H2,1-3H3. The summed E-state index contributed by atoms with van der Waals surface area (Å²) in [4.78, 5) is 12.6. The molecule has 1 atom stereocenters. The van der Waals surface area contributed by atoms with Gasteiger partial charge in [0.25, 0.3) is 0 Å². The van der Waals surface area contributed by atoms with Gasteiger partial charge in [-0.15, -0.1) is 0 Å². The van der Waals surface area contributed by atoms with Gasteiger partial charge in [-0.3, -0.25) is 8.89 Å². The van der Waals surface area contributed by atoms with E-state index in [9.17, 15) is 9.00 Å². The lowest BCUT2D eigenvalue weighted by Crippen LogP contribution is -2.11. The Balaban J connectivity index is 2.23. The summed E-state index contributed by atoms with van der Waals surface area (Å²) < 4.78 is 19.0. The molecule has 21 heavy (non-hydrogen) atoms. The second-order valence-corrected chi connectivity index (χ2v) is 6.10. The Morgan fingerprint density at radius 1 is 1.33 bits per heavy atom. The lowest BCUT2D eigenvalue weighted by Gasteiger charge is -2.07. The van der Waals surface area contributed by atoms with Gasteiger partial charge in [-0.25, -0.2) is 4.79 Å². The average Bonchev–Trinajstić information content (AvgIpc) is 2.81. The fourth-order valence-electron chi connectivity index (χ4n) is 1.91. The predicted molar refractivity (Wildman–Crippen MR) is 80.5 cm³/mol. The zero-order chi connectivity index (χ0) is 15.4. The van der Waals surface area contributed by atoms with Crippen molar-refractivity contribution in [1.29, 1.82) is 0 Å². The van der Waals surface area contributed by atoms with E-state index in [-0.39, 0.29) is 5.75 Å². The summed E-state index contributed by atoms with van der Waals surface area (Å²) in [5.41, 5.74) is 2.11. The number of hydrogen-bond acceptors (Lipinski definition) is 4. The molecule has 0 N–H and O–H groups in total. The minimum Gasteiger partial charge on any atom is -0.462 e. The molecule has 2 rings (SSSR count). The number of aromatic nitrogens is 2. The molecular formula is C15H18N2O3S. The van der Waals surface area contributed by atoms with Gasteiger partial charge < -0.3 is 4.74 Å². The molecule has 0 bridgehead atoms. The highest BCUT2D eigenvalue weighted by Gasteiger charge is 2.19. The van der Waals surface area contributed by atoms with E-state index < -0.39 is 16.8 Å². The summed E-state index contributed by atoms with van der Waals surface area (Å²) in [5, 5.41) is 4.06. The lowest BCUT2D eigenvalue weighted by molar-refractivity contribution is 0.0525. The Bertz CT molecular complexity index is 662. The van der Waals surface area contributed by atoms with Crippen molar-refractivity contribution in [2.75, 3.05) is 6.61 Å². The Morgan fingerprint density at radius 3 is 2.62 bits per heavy atom.